The Bertz CT molecular complexity index is 621. The zero-order valence-corrected chi connectivity index (χ0v) is 13.8. The number of aryl methyl sites for hydroxylation is 2. The third-order valence-corrected chi connectivity index (χ3v) is 4.13. The highest BCUT2D eigenvalue weighted by Gasteiger charge is 2.17. The molecular weight excluding hydrogens is 292 g/mol. The molecule has 6 nitrogen and oxygen atoms in total. The fourth-order valence-corrected chi connectivity index (χ4v) is 2.90. The van der Waals surface area contributed by atoms with Crippen LogP contribution in [-0.2, 0) is 18.3 Å². The third-order valence-electron chi connectivity index (χ3n) is 4.13. The van der Waals surface area contributed by atoms with E-state index in [-0.39, 0.29) is 0 Å². The molecular formula is C17H24N4O2. The van der Waals surface area contributed by atoms with E-state index in [0.717, 1.165) is 55.6 Å². The van der Waals surface area contributed by atoms with Crippen LogP contribution in [0.15, 0.2) is 24.5 Å². The smallest absolute Gasteiger partial charge is 0.222 e. The highest BCUT2D eigenvalue weighted by molar-refractivity contribution is 5.34. The van der Waals surface area contributed by atoms with Gasteiger partial charge in [0, 0.05) is 32.9 Å². The molecule has 0 aliphatic carbocycles. The molecule has 3 rings (SSSR count). The van der Waals surface area contributed by atoms with Crippen LogP contribution < -0.4 is 10.1 Å². The number of rotatable bonds is 6. The topological polar surface area (TPSA) is 61.2 Å². The van der Waals surface area contributed by atoms with Gasteiger partial charge in [-0.1, -0.05) is 0 Å². The van der Waals surface area contributed by atoms with Crippen molar-refractivity contribution in [3.8, 4) is 11.6 Å². The highest BCUT2D eigenvalue weighted by Crippen LogP contribution is 2.26. The summed E-state index contributed by atoms with van der Waals surface area (Å²) in [6.45, 7) is 5.47. The lowest BCUT2D eigenvalue weighted by Gasteiger charge is -2.22. The molecule has 0 saturated carbocycles. The molecule has 6 heteroatoms. The van der Waals surface area contributed by atoms with Gasteiger partial charge in [0.05, 0.1) is 24.1 Å². The minimum absolute atomic E-state index is 0.600. The Balaban J connectivity index is 1.64. The number of aromatic nitrogens is 3. The summed E-state index contributed by atoms with van der Waals surface area (Å²) in [4.78, 5) is 4.09. The van der Waals surface area contributed by atoms with Crippen LogP contribution in [0.4, 0.5) is 0 Å². The monoisotopic (exact) mass is 316 g/mol. The van der Waals surface area contributed by atoms with Gasteiger partial charge in [-0.2, -0.15) is 5.10 Å². The lowest BCUT2D eigenvalue weighted by molar-refractivity contribution is 0.0547. The maximum Gasteiger partial charge on any atom is 0.222 e. The van der Waals surface area contributed by atoms with Gasteiger partial charge in [0.2, 0.25) is 5.88 Å². The molecule has 1 unspecified atom stereocenters. The Hall–Kier alpha value is -1.92. The number of hydrogen-bond donors (Lipinski definition) is 1. The number of nitrogens with zero attached hydrogens (tertiary/aromatic N) is 3. The van der Waals surface area contributed by atoms with Crippen LogP contribution >= 0.6 is 0 Å². The van der Waals surface area contributed by atoms with Crippen molar-refractivity contribution in [3.05, 3.63) is 35.8 Å². The van der Waals surface area contributed by atoms with Gasteiger partial charge in [-0.05, 0) is 37.8 Å². The van der Waals surface area contributed by atoms with Gasteiger partial charge >= 0.3 is 0 Å². The van der Waals surface area contributed by atoms with E-state index >= 15 is 0 Å². The second kappa shape index (κ2) is 7.57. The lowest BCUT2D eigenvalue weighted by atomic mass is 10.0. The summed E-state index contributed by atoms with van der Waals surface area (Å²) in [6, 6.07) is 3.76. The normalized spacial score (nSPS) is 18.1. The van der Waals surface area contributed by atoms with Crippen LogP contribution in [0.1, 0.15) is 24.1 Å². The quantitative estimate of drug-likeness (QED) is 0.887. The summed E-state index contributed by atoms with van der Waals surface area (Å²) in [5.74, 6) is 2.09. The molecule has 0 amide bonds. The van der Waals surface area contributed by atoms with Gasteiger partial charge in [0.1, 0.15) is 5.75 Å². The Morgan fingerprint density at radius 3 is 3.13 bits per heavy atom. The van der Waals surface area contributed by atoms with E-state index in [9.17, 15) is 0 Å². The maximum atomic E-state index is 5.98. The van der Waals surface area contributed by atoms with E-state index in [1.54, 1.807) is 17.1 Å². The first-order chi connectivity index (χ1) is 11.2. The van der Waals surface area contributed by atoms with Crippen molar-refractivity contribution in [1.29, 1.82) is 0 Å². The van der Waals surface area contributed by atoms with E-state index in [1.807, 2.05) is 26.1 Å². The van der Waals surface area contributed by atoms with Crippen LogP contribution in [-0.4, -0.2) is 34.5 Å². The molecule has 1 saturated heterocycles. The summed E-state index contributed by atoms with van der Waals surface area (Å²) < 4.78 is 13.3. The molecule has 1 aliphatic rings. The van der Waals surface area contributed by atoms with Crippen LogP contribution in [0.25, 0.3) is 0 Å². The molecule has 1 atom stereocenters. The largest absolute Gasteiger partial charge is 0.437 e. The summed E-state index contributed by atoms with van der Waals surface area (Å²) in [7, 11) is 1.90. The van der Waals surface area contributed by atoms with Crippen LogP contribution in [0, 0.1) is 12.8 Å². The molecule has 3 heterocycles. The Labute approximate surface area is 136 Å². The molecule has 2 aromatic heterocycles. The molecule has 23 heavy (non-hydrogen) atoms. The number of pyridine rings is 1. The molecule has 0 bridgehead atoms. The number of ether oxygens (including phenoxy) is 2. The van der Waals surface area contributed by atoms with Gasteiger partial charge in [-0.15, -0.1) is 0 Å². The highest BCUT2D eigenvalue weighted by atomic mass is 16.5. The van der Waals surface area contributed by atoms with Gasteiger partial charge in [-0.3, -0.25) is 4.98 Å². The van der Waals surface area contributed by atoms with Crippen molar-refractivity contribution in [1.82, 2.24) is 20.1 Å². The number of hydrogen-bond acceptors (Lipinski definition) is 5. The molecule has 1 fully saturated rings. The van der Waals surface area contributed by atoms with Crippen LogP contribution in [0.2, 0.25) is 0 Å². The molecule has 1 N–H and O–H groups in total. The molecule has 0 radical (unpaired) electrons. The molecule has 2 aromatic rings. The molecule has 1 aliphatic heterocycles. The lowest BCUT2D eigenvalue weighted by Crippen LogP contribution is -2.29. The van der Waals surface area contributed by atoms with Crippen LogP contribution in [0.3, 0.4) is 0 Å². The first-order valence-electron chi connectivity index (χ1n) is 8.13. The summed E-state index contributed by atoms with van der Waals surface area (Å²) in [5.41, 5.74) is 2.08. The Morgan fingerprint density at radius 1 is 1.48 bits per heavy atom. The first-order valence-corrected chi connectivity index (χ1v) is 8.13. The molecule has 0 aromatic carbocycles. The minimum atomic E-state index is 0.600. The predicted octanol–water partition coefficient (Wildman–Crippen LogP) is 2.43. The van der Waals surface area contributed by atoms with Crippen molar-refractivity contribution >= 4 is 0 Å². The van der Waals surface area contributed by atoms with E-state index < -0.39 is 0 Å². The molecule has 124 valence electrons. The molecule has 0 spiro atoms. The van der Waals surface area contributed by atoms with Gasteiger partial charge in [-0.25, -0.2) is 4.68 Å². The summed E-state index contributed by atoms with van der Waals surface area (Å²) in [6.07, 6.45) is 5.83. The third kappa shape index (κ3) is 4.09. The van der Waals surface area contributed by atoms with Crippen molar-refractivity contribution in [2.75, 3.05) is 19.8 Å². The van der Waals surface area contributed by atoms with Gasteiger partial charge in [0.25, 0.3) is 0 Å². The predicted molar refractivity (Wildman–Crippen MR) is 87.5 cm³/mol. The van der Waals surface area contributed by atoms with Gasteiger partial charge in [0.15, 0.2) is 0 Å². The van der Waals surface area contributed by atoms with Crippen molar-refractivity contribution < 1.29 is 9.47 Å². The fourth-order valence-electron chi connectivity index (χ4n) is 2.90. The Morgan fingerprint density at radius 2 is 2.39 bits per heavy atom. The second-order valence-corrected chi connectivity index (χ2v) is 6.00. The zero-order chi connectivity index (χ0) is 16.1. The van der Waals surface area contributed by atoms with E-state index in [4.69, 9.17) is 9.47 Å². The van der Waals surface area contributed by atoms with Crippen molar-refractivity contribution in [3.63, 3.8) is 0 Å². The van der Waals surface area contributed by atoms with Gasteiger partial charge < -0.3 is 14.8 Å². The summed E-state index contributed by atoms with van der Waals surface area (Å²) >= 11 is 0. The second-order valence-electron chi connectivity index (χ2n) is 6.00. The van der Waals surface area contributed by atoms with Crippen LogP contribution in [0.5, 0.6) is 11.6 Å². The first kappa shape index (κ1) is 16.0. The standard InChI is InChI=1S/C17H24N4O2/c1-13-16(11-19-9-14-5-4-8-22-12-14)17(21(2)20-13)23-15-6-3-7-18-10-15/h3,6-7,10,14,19H,4-5,8-9,11-12H2,1-2H3. The maximum absolute atomic E-state index is 5.98. The SMILES string of the molecule is Cc1nn(C)c(Oc2cccnc2)c1CNCC1CCCOC1. The van der Waals surface area contributed by atoms with E-state index in [0.29, 0.717) is 5.92 Å². The Kier molecular flexibility index (Phi) is 5.25. The van der Waals surface area contributed by atoms with Crippen molar-refractivity contribution in [2.24, 2.45) is 13.0 Å². The average Bonchev–Trinajstić information content (AvgIpc) is 2.84. The fraction of sp³-hybridized carbons (Fsp3) is 0.529. The summed E-state index contributed by atoms with van der Waals surface area (Å²) in [5, 5.41) is 8.00. The average molecular weight is 316 g/mol. The zero-order valence-electron chi connectivity index (χ0n) is 13.8. The minimum Gasteiger partial charge on any atom is -0.437 e. The van der Waals surface area contributed by atoms with E-state index in [2.05, 4.69) is 15.4 Å². The van der Waals surface area contributed by atoms with Crippen molar-refractivity contribution in [2.45, 2.75) is 26.3 Å². The van der Waals surface area contributed by atoms with E-state index in [1.165, 1.54) is 6.42 Å². The number of nitrogens with one attached hydrogen (secondary N) is 1.